The van der Waals surface area contributed by atoms with Gasteiger partial charge in [0.25, 0.3) is 0 Å². The summed E-state index contributed by atoms with van der Waals surface area (Å²) >= 11 is 0. The molecule has 0 aliphatic carbocycles. The Morgan fingerprint density at radius 2 is 1.75 bits per heavy atom. The molecule has 0 unspecified atom stereocenters. The van der Waals surface area contributed by atoms with Crippen molar-refractivity contribution in [1.82, 2.24) is 0 Å². The van der Waals surface area contributed by atoms with Crippen molar-refractivity contribution in [3.8, 4) is 11.5 Å². The summed E-state index contributed by atoms with van der Waals surface area (Å²) in [6.07, 6.45) is -1.26. The highest BCUT2D eigenvalue weighted by atomic mass is 16.6. The number of ether oxygens (including phenoxy) is 3. The molecular formula is C17H18N2O5. The normalized spacial score (nSPS) is 9.75. The molecule has 0 aromatic heterocycles. The molecule has 0 spiro atoms. The molecule has 7 nitrogen and oxygen atoms in total. The number of hydrogen-bond donors (Lipinski definition) is 2. The smallest absolute Gasteiger partial charge is 0.417 e. The molecule has 0 atom stereocenters. The fourth-order valence-electron chi connectivity index (χ4n) is 1.90. The van der Waals surface area contributed by atoms with Gasteiger partial charge in [0.15, 0.2) is 0 Å². The summed E-state index contributed by atoms with van der Waals surface area (Å²) < 4.78 is 15.1. The van der Waals surface area contributed by atoms with E-state index in [0.717, 1.165) is 0 Å². The van der Waals surface area contributed by atoms with Gasteiger partial charge in [0.05, 0.1) is 19.4 Å². The van der Waals surface area contributed by atoms with Crippen molar-refractivity contribution >= 4 is 23.6 Å². The van der Waals surface area contributed by atoms with Crippen LogP contribution in [0.4, 0.5) is 21.0 Å². The number of rotatable bonds is 5. The molecule has 2 aromatic rings. The molecule has 24 heavy (non-hydrogen) atoms. The van der Waals surface area contributed by atoms with Crippen LogP contribution in [0.2, 0.25) is 0 Å². The van der Waals surface area contributed by atoms with Crippen LogP contribution in [0.5, 0.6) is 11.5 Å². The Morgan fingerprint density at radius 1 is 1.00 bits per heavy atom. The Balaban J connectivity index is 2.07. The van der Waals surface area contributed by atoms with Gasteiger partial charge >= 0.3 is 12.2 Å². The zero-order chi connectivity index (χ0) is 17.4. The molecular weight excluding hydrogens is 312 g/mol. The summed E-state index contributed by atoms with van der Waals surface area (Å²) in [6.45, 7) is 1.95. The molecule has 2 rings (SSSR count). The summed E-state index contributed by atoms with van der Waals surface area (Å²) in [5, 5.41) is 5.13. The lowest BCUT2D eigenvalue weighted by molar-refractivity contribution is 0.168. The summed E-state index contributed by atoms with van der Waals surface area (Å²) in [5.41, 5.74) is 0.803. The Hall–Kier alpha value is -3.22. The first-order valence-electron chi connectivity index (χ1n) is 7.28. The van der Waals surface area contributed by atoms with Crippen LogP contribution in [0.15, 0.2) is 48.5 Å². The summed E-state index contributed by atoms with van der Waals surface area (Å²) in [4.78, 5) is 23.5. The second kappa shape index (κ2) is 8.42. The summed E-state index contributed by atoms with van der Waals surface area (Å²) in [7, 11) is 1.47. The summed E-state index contributed by atoms with van der Waals surface area (Å²) in [5.74, 6) is 0.860. The maximum Gasteiger partial charge on any atom is 0.417 e. The van der Waals surface area contributed by atoms with Crippen LogP contribution in [0.25, 0.3) is 0 Å². The lowest BCUT2D eigenvalue weighted by Crippen LogP contribution is -2.17. The van der Waals surface area contributed by atoms with Crippen LogP contribution in [0, 0.1) is 0 Å². The van der Waals surface area contributed by atoms with Crippen LogP contribution in [-0.4, -0.2) is 25.9 Å². The van der Waals surface area contributed by atoms with Gasteiger partial charge in [-0.2, -0.15) is 0 Å². The predicted octanol–water partition coefficient (Wildman–Crippen LogP) is 3.87. The molecule has 2 N–H and O–H groups in total. The van der Waals surface area contributed by atoms with E-state index in [9.17, 15) is 9.59 Å². The van der Waals surface area contributed by atoms with Gasteiger partial charge in [-0.25, -0.2) is 9.59 Å². The predicted molar refractivity (Wildman–Crippen MR) is 89.7 cm³/mol. The second-order valence-corrected chi connectivity index (χ2v) is 4.59. The first kappa shape index (κ1) is 17.1. The van der Waals surface area contributed by atoms with Crippen molar-refractivity contribution in [3.63, 3.8) is 0 Å². The largest absolute Gasteiger partial charge is 0.495 e. The highest BCUT2D eigenvalue weighted by Crippen LogP contribution is 2.28. The Bertz CT molecular complexity index is 703. The van der Waals surface area contributed by atoms with E-state index in [1.807, 2.05) is 6.07 Å². The van der Waals surface area contributed by atoms with E-state index in [1.165, 1.54) is 7.11 Å². The van der Waals surface area contributed by atoms with Crippen LogP contribution in [-0.2, 0) is 4.74 Å². The molecule has 0 aliphatic heterocycles. The average Bonchev–Trinajstić information content (AvgIpc) is 2.56. The molecule has 126 valence electrons. The van der Waals surface area contributed by atoms with Crippen molar-refractivity contribution in [2.45, 2.75) is 6.92 Å². The molecule has 7 heteroatoms. The molecule has 0 saturated carbocycles. The minimum Gasteiger partial charge on any atom is -0.495 e. The number of amides is 2. The third kappa shape index (κ3) is 4.91. The standard InChI is InChI=1S/C17H18N2O5/c1-3-23-16(20)19-14-11-12(9-10-15(14)22-2)18-17(21)24-13-7-5-4-6-8-13/h4-11H,3H2,1-2H3,(H,18,21)(H,19,20). The molecule has 0 aliphatic rings. The minimum atomic E-state index is -0.645. The Kier molecular flexibility index (Phi) is 6.01. The maximum atomic E-state index is 11.9. The van der Waals surface area contributed by atoms with E-state index < -0.39 is 12.2 Å². The lowest BCUT2D eigenvalue weighted by Gasteiger charge is -2.12. The van der Waals surface area contributed by atoms with Crippen LogP contribution in [0.1, 0.15) is 6.92 Å². The number of methoxy groups -OCH3 is 1. The Labute approximate surface area is 139 Å². The average molecular weight is 330 g/mol. The van der Waals surface area contributed by atoms with Crippen molar-refractivity contribution in [2.24, 2.45) is 0 Å². The number of para-hydroxylation sites is 1. The number of hydrogen-bond acceptors (Lipinski definition) is 5. The van der Waals surface area contributed by atoms with Gasteiger partial charge < -0.3 is 14.2 Å². The lowest BCUT2D eigenvalue weighted by atomic mass is 10.2. The third-order valence-corrected chi connectivity index (χ3v) is 2.91. The SMILES string of the molecule is CCOC(=O)Nc1cc(NC(=O)Oc2ccccc2)ccc1OC. The molecule has 0 radical (unpaired) electrons. The molecule has 0 fully saturated rings. The van der Waals surface area contributed by atoms with E-state index in [-0.39, 0.29) is 6.61 Å². The second-order valence-electron chi connectivity index (χ2n) is 4.59. The fraction of sp³-hybridized carbons (Fsp3) is 0.176. The molecule has 0 heterocycles. The van der Waals surface area contributed by atoms with Crippen LogP contribution < -0.4 is 20.1 Å². The van der Waals surface area contributed by atoms with Gasteiger partial charge in [-0.3, -0.25) is 10.6 Å². The Morgan fingerprint density at radius 3 is 2.42 bits per heavy atom. The quantitative estimate of drug-likeness (QED) is 0.869. The zero-order valence-corrected chi connectivity index (χ0v) is 13.4. The van der Waals surface area contributed by atoms with Gasteiger partial charge in [-0.1, -0.05) is 18.2 Å². The van der Waals surface area contributed by atoms with Crippen molar-refractivity contribution in [2.75, 3.05) is 24.4 Å². The van der Waals surface area contributed by atoms with Gasteiger partial charge in [-0.05, 0) is 37.3 Å². The summed E-state index contributed by atoms with van der Waals surface area (Å²) in [6, 6.07) is 13.5. The minimum absolute atomic E-state index is 0.246. The number of nitrogens with one attached hydrogen (secondary N) is 2. The number of carbonyl (C=O) groups is 2. The van der Waals surface area contributed by atoms with Crippen molar-refractivity contribution in [1.29, 1.82) is 0 Å². The van der Waals surface area contributed by atoms with E-state index in [1.54, 1.807) is 49.4 Å². The topological polar surface area (TPSA) is 85.9 Å². The van der Waals surface area contributed by atoms with Crippen LogP contribution >= 0.6 is 0 Å². The molecule has 0 bridgehead atoms. The number of benzene rings is 2. The number of carbonyl (C=O) groups excluding carboxylic acids is 2. The molecule has 2 aromatic carbocycles. The van der Waals surface area contributed by atoms with E-state index >= 15 is 0 Å². The van der Waals surface area contributed by atoms with Gasteiger partial charge in [0.1, 0.15) is 11.5 Å². The molecule has 0 saturated heterocycles. The monoisotopic (exact) mass is 330 g/mol. The highest BCUT2D eigenvalue weighted by Gasteiger charge is 2.11. The third-order valence-electron chi connectivity index (χ3n) is 2.91. The first-order chi connectivity index (χ1) is 11.6. The fourth-order valence-corrected chi connectivity index (χ4v) is 1.90. The van der Waals surface area contributed by atoms with Gasteiger partial charge in [0.2, 0.25) is 0 Å². The molecule has 2 amide bonds. The van der Waals surface area contributed by atoms with E-state index in [2.05, 4.69) is 10.6 Å². The van der Waals surface area contributed by atoms with Crippen molar-refractivity contribution in [3.05, 3.63) is 48.5 Å². The first-order valence-corrected chi connectivity index (χ1v) is 7.28. The van der Waals surface area contributed by atoms with E-state index in [4.69, 9.17) is 14.2 Å². The van der Waals surface area contributed by atoms with Gasteiger partial charge in [0, 0.05) is 5.69 Å². The number of anilines is 2. The van der Waals surface area contributed by atoms with Crippen molar-refractivity contribution < 1.29 is 23.8 Å². The van der Waals surface area contributed by atoms with E-state index in [0.29, 0.717) is 22.9 Å². The maximum absolute atomic E-state index is 11.9. The van der Waals surface area contributed by atoms with Crippen LogP contribution in [0.3, 0.4) is 0 Å². The highest BCUT2D eigenvalue weighted by molar-refractivity contribution is 5.91. The van der Waals surface area contributed by atoms with Gasteiger partial charge in [-0.15, -0.1) is 0 Å². The zero-order valence-electron chi connectivity index (χ0n) is 13.4.